The van der Waals surface area contributed by atoms with Crippen molar-refractivity contribution >= 4 is 0 Å². The molecule has 0 aliphatic carbocycles. The number of nitrogens with one attached hydrogen (secondary N) is 1. The van der Waals surface area contributed by atoms with Gasteiger partial charge < -0.3 is 5.32 Å². The zero-order valence-electron chi connectivity index (χ0n) is 13.1. The molecule has 1 saturated heterocycles. The average Bonchev–Trinajstić information content (AvgIpc) is 2.37. The molecule has 0 spiro atoms. The lowest BCUT2D eigenvalue weighted by Crippen LogP contribution is -2.52. The van der Waals surface area contributed by atoms with Crippen LogP contribution in [0.3, 0.4) is 0 Å². The molecule has 2 atom stereocenters. The number of nitrogens with zero attached hydrogens (tertiary/aromatic N) is 2. The summed E-state index contributed by atoms with van der Waals surface area (Å²) in [4.78, 5) is 5.29. The molecule has 0 bridgehead atoms. The molecule has 18 heavy (non-hydrogen) atoms. The van der Waals surface area contributed by atoms with E-state index < -0.39 is 0 Å². The Morgan fingerprint density at radius 2 is 1.39 bits per heavy atom. The summed E-state index contributed by atoms with van der Waals surface area (Å²) in [6.07, 6.45) is 2.54. The second kappa shape index (κ2) is 8.13. The Morgan fingerprint density at radius 1 is 0.889 bits per heavy atom. The van der Waals surface area contributed by atoms with Gasteiger partial charge in [0.05, 0.1) is 0 Å². The summed E-state index contributed by atoms with van der Waals surface area (Å²) in [6.45, 7) is 17.6. The molecule has 1 aliphatic rings. The summed E-state index contributed by atoms with van der Waals surface area (Å²) < 4.78 is 0. The molecule has 0 aromatic heterocycles. The molecule has 0 aromatic rings. The van der Waals surface area contributed by atoms with Gasteiger partial charge in [-0.1, -0.05) is 20.8 Å². The van der Waals surface area contributed by atoms with Crippen molar-refractivity contribution in [2.24, 2.45) is 0 Å². The highest BCUT2D eigenvalue weighted by Crippen LogP contribution is 2.12. The van der Waals surface area contributed by atoms with Crippen molar-refractivity contribution in [2.45, 2.75) is 65.6 Å². The zero-order valence-corrected chi connectivity index (χ0v) is 13.1. The summed E-state index contributed by atoms with van der Waals surface area (Å²) in [5.41, 5.74) is 0. The topological polar surface area (TPSA) is 18.5 Å². The van der Waals surface area contributed by atoms with E-state index in [1.54, 1.807) is 0 Å². The molecule has 0 radical (unpaired) electrons. The van der Waals surface area contributed by atoms with Crippen LogP contribution in [-0.2, 0) is 0 Å². The fourth-order valence-corrected chi connectivity index (χ4v) is 2.64. The van der Waals surface area contributed by atoms with Gasteiger partial charge in [0, 0.05) is 44.3 Å². The summed E-state index contributed by atoms with van der Waals surface area (Å²) in [5.74, 6) is 0. The van der Waals surface area contributed by atoms with Crippen LogP contribution in [0.2, 0.25) is 0 Å². The Hall–Kier alpha value is -0.120. The fraction of sp³-hybridized carbons (Fsp3) is 1.00. The summed E-state index contributed by atoms with van der Waals surface area (Å²) in [5, 5.41) is 3.51. The molecule has 0 saturated carbocycles. The molecule has 0 aromatic carbocycles. The number of hydrogen-bond donors (Lipinski definition) is 1. The first-order chi connectivity index (χ1) is 8.54. The van der Waals surface area contributed by atoms with E-state index in [1.165, 1.54) is 39.0 Å². The highest BCUT2D eigenvalue weighted by Gasteiger charge is 2.22. The minimum Gasteiger partial charge on any atom is -0.314 e. The maximum absolute atomic E-state index is 3.51. The SMILES string of the molecule is CCC(C)N1CCN(C(C)CCNC(C)C)CC1. The third-order valence-corrected chi connectivity index (χ3v) is 4.30. The molecular weight excluding hydrogens is 222 g/mol. The van der Waals surface area contributed by atoms with Crippen molar-refractivity contribution in [3.63, 3.8) is 0 Å². The second-order valence-corrected chi connectivity index (χ2v) is 6.08. The van der Waals surface area contributed by atoms with Crippen LogP contribution in [-0.4, -0.2) is 60.6 Å². The van der Waals surface area contributed by atoms with E-state index >= 15 is 0 Å². The first-order valence-electron chi connectivity index (χ1n) is 7.76. The highest BCUT2D eigenvalue weighted by atomic mass is 15.3. The lowest BCUT2D eigenvalue weighted by Gasteiger charge is -2.40. The van der Waals surface area contributed by atoms with Crippen LogP contribution >= 0.6 is 0 Å². The molecule has 1 heterocycles. The molecule has 3 heteroatoms. The van der Waals surface area contributed by atoms with E-state index in [-0.39, 0.29) is 0 Å². The Kier molecular flexibility index (Phi) is 7.20. The molecule has 0 amide bonds. The number of hydrogen-bond acceptors (Lipinski definition) is 3. The summed E-state index contributed by atoms with van der Waals surface area (Å²) >= 11 is 0. The number of rotatable bonds is 7. The van der Waals surface area contributed by atoms with Crippen molar-refractivity contribution in [1.82, 2.24) is 15.1 Å². The van der Waals surface area contributed by atoms with Crippen LogP contribution in [0.15, 0.2) is 0 Å². The van der Waals surface area contributed by atoms with Crippen LogP contribution in [0.1, 0.15) is 47.5 Å². The van der Waals surface area contributed by atoms with E-state index in [0.717, 1.165) is 18.6 Å². The first-order valence-corrected chi connectivity index (χ1v) is 7.76. The van der Waals surface area contributed by atoms with Crippen molar-refractivity contribution in [3.8, 4) is 0 Å². The zero-order chi connectivity index (χ0) is 13.5. The van der Waals surface area contributed by atoms with E-state index in [0.29, 0.717) is 6.04 Å². The summed E-state index contributed by atoms with van der Waals surface area (Å²) in [7, 11) is 0. The van der Waals surface area contributed by atoms with Crippen molar-refractivity contribution in [1.29, 1.82) is 0 Å². The fourth-order valence-electron chi connectivity index (χ4n) is 2.64. The molecule has 2 unspecified atom stereocenters. The standard InChI is InChI=1S/C15H33N3/c1-6-14(4)17-9-11-18(12-10-17)15(5)7-8-16-13(2)3/h13-16H,6-12H2,1-5H3. The molecule has 1 rings (SSSR count). The van der Waals surface area contributed by atoms with Gasteiger partial charge in [-0.25, -0.2) is 0 Å². The first kappa shape index (κ1) is 15.9. The van der Waals surface area contributed by atoms with Crippen LogP contribution in [0, 0.1) is 0 Å². The minimum absolute atomic E-state index is 0.611. The Bertz CT molecular complexity index is 210. The van der Waals surface area contributed by atoms with Gasteiger partial charge in [-0.05, 0) is 33.2 Å². The van der Waals surface area contributed by atoms with Crippen molar-refractivity contribution in [2.75, 3.05) is 32.7 Å². The van der Waals surface area contributed by atoms with Crippen molar-refractivity contribution in [3.05, 3.63) is 0 Å². The van der Waals surface area contributed by atoms with Gasteiger partial charge in [0.15, 0.2) is 0 Å². The van der Waals surface area contributed by atoms with Crippen LogP contribution < -0.4 is 5.32 Å². The second-order valence-electron chi connectivity index (χ2n) is 6.08. The van der Waals surface area contributed by atoms with E-state index in [2.05, 4.69) is 49.7 Å². The molecule has 1 aliphatic heterocycles. The lowest BCUT2D eigenvalue weighted by atomic mass is 10.1. The summed E-state index contributed by atoms with van der Waals surface area (Å²) in [6, 6.07) is 2.08. The predicted molar refractivity (Wildman–Crippen MR) is 80.1 cm³/mol. The Morgan fingerprint density at radius 3 is 1.83 bits per heavy atom. The predicted octanol–water partition coefficient (Wildman–Crippen LogP) is 2.18. The third kappa shape index (κ3) is 5.25. The van der Waals surface area contributed by atoms with Gasteiger partial charge in [0.1, 0.15) is 0 Å². The van der Waals surface area contributed by atoms with Crippen LogP contribution in [0.5, 0.6) is 0 Å². The van der Waals surface area contributed by atoms with Gasteiger partial charge in [-0.2, -0.15) is 0 Å². The highest BCUT2D eigenvalue weighted by molar-refractivity contribution is 4.79. The largest absolute Gasteiger partial charge is 0.314 e. The lowest BCUT2D eigenvalue weighted by molar-refractivity contribution is 0.0747. The van der Waals surface area contributed by atoms with Crippen LogP contribution in [0.4, 0.5) is 0 Å². The minimum atomic E-state index is 0.611. The maximum Gasteiger partial charge on any atom is 0.0113 e. The molecule has 3 nitrogen and oxygen atoms in total. The van der Waals surface area contributed by atoms with Gasteiger partial charge >= 0.3 is 0 Å². The van der Waals surface area contributed by atoms with Gasteiger partial charge in [-0.3, -0.25) is 9.80 Å². The van der Waals surface area contributed by atoms with Gasteiger partial charge in [-0.15, -0.1) is 0 Å². The van der Waals surface area contributed by atoms with E-state index in [1.807, 2.05) is 0 Å². The Balaban J connectivity index is 2.21. The quantitative estimate of drug-likeness (QED) is 0.752. The monoisotopic (exact) mass is 255 g/mol. The molecule has 108 valence electrons. The molecular formula is C15H33N3. The van der Waals surface area contributed by atoms with Gasteiger partial charge in [0.25, 0.3) is 0 Å². The average molecular weight is 255 g/mol. The third-order valence-electron chi connectivity index (χ3n) is 4.30. The normalized spacial score (nSPS) is 22.3. The molecule has 1 N–H and O–H groups in total. The van der Waals surface area contributed by atoms with Crippen LogP contribution in [0.25, 0.3) is 0 Å². The molecule has 1 fully saturated rings. The van der Waals surface area contributed by atoms with Crippen molar-refractivity contribution < 1.29 is 0 Å². The van der Waals surface area contributed by atoms with E-state index in [4.69, 9.17) is 0 Å². The smallest absolute Gasteiger partial charge is 0.0113 e. The van der Waals surface area contributed by atoms with E-state index in [9.17, 15) is 0 Å². The Labute approximate surface area is 114 Å². The van der Waals surface area contributed by atoms with Gasteiger partial charge in [0.2, 0.25) is 0 Å². The number of piperazine rings is 1. The maximum atomic E-state index is 3.51.